The lowest BCUT2D eigenvalue weighted by Gasteiger charge is -2.02. The highest BCUT2D eigenvalue weighted by molar-refractivity contribution is 7.99. The SMILES string of the molecule is Cc1ccc(-c2csc(NC(=O)CCSc3cc(C)ncn3)n2)cc1. The average molecular weight is 371 g/mol. The molecule has 0 spiro atoms. The number of carbonyl (C=O) groups excluding carboxylic acids is 1. The molecule has 5 nitrogen and oxygen atoms in total. The predicted octanol–water partition coefficient (Wildman–Crippen LogP) is 4.34. The largest absolute Gasteiger partial charge is 0.302 e. The molecule has 2 aromatic heterocycles. The van der Waals surface area contributed by atoms with Crippen LogP contribution in [0, 0.1) is 13.8 Å². The van der Waals surface area contributed by atoms with Crippen molar-refractivity contribution in [3.63, 3.8) is 0 Å². The van der Waals surface area contributed by atoms with E-state index in [1.165, 1.54) is 16.9 Å². The van der Waals surface area contributed by atoms with Gasteiger partial charge in [-0.25, -0.2) is 15.0 Å². The molecule has 128 valence electrons. The summed E-state index contributed by atoms with van der Waals surface area (Å²) in [5.41, 5.74) is 4.07. The number of carbonyl (C=O) groups is 1. The average Bonchev–Trinajstić information content (AvgIpc) is 3.04. The minimum absolute atomic E-state index is 0.0388. The Morgan fingerprint density at radius 2 is 2.00 bits per heavy atom. The van der Waals surface area contributed by atoms with Gasteiger partial charge in [-0.1, -0.05) is 29.8 Å². The van der Waals surface area contributed by atoms with E-state index in [0.29, 0.717) is 17.3 Å². The molecule has 2 heterocycles. The van der Waals surface area contributed by atoms with Crippen LogP contribution in [-0.4, -0.2) is 26.6 Å². The smallest absolute Gasteiger partial charge is 0.226 e. The van der Waals surface area contributed by atoms with Gasteiger partial charge in [0.05, 0.1) is 10.7 Å². The molecule has 3 rings (SSSR count). The maximum absolute atomic E-state index is 12.1. The van der Waals surface area contributed by atoms with E-state index < -0.39 is 0 Å². The standard InChI is InChI=1S/C18H18N4OS2/c1-12-3-5-14(6-4-12)15-10-25-18(21-15)22-16(23)7-8-24-17-9-13(2)19-11-20-17/h3-6,9-11H,7-8H2,1-2H3,(H,21,22,23). The molecule has 7 heteroatoms. The molecular weight excluding hydrogens is 352 g/mol. The monoisotopic (exact) mass is 370 g/mol. The summed E-state index contributed by atoms with van der Waals surface area (Å²) in [7, 11) is 0. The predicted molar refractivity (Wildman–Crippen MR) is 103 cm³/mol. The Kier molecular flexibility index (Phi) is 5.78. The number of benzene rings is 1. The van der Waals surface area contributed by atoms with Crippen LogP contribution < -0.4 is 5.32 Å². The van der Waals surface area contributed by atoms with Crippen LogP contribution in [0.1, 0.15) is 17.7 Å². The van der Waals surface area contributed by atoms with Crippen molar-refractivity contribution in [1.82, 2.24) is 15.0 Å². The van der Waals surface area contributed by atoms with Crippen molar-refractivity contribution in [3.05, 3.63) is 53.3 Å². The first-order valence-electron chi connectivity index (χ1n) is 7.84. The third-order valence-electron chi connectivity index (χ3n) is 3.46. The van der Waals surface area contributed by atoms with E-state index in [1.807, 2.05) is 30.5 Å². The van der Waals surface area contributed by atoms with Crippen LogP contribution in [-0.2, 0) is 4.79 Å². The number of thioether (sulfide) groups is 1. The summed E-state index contributed by atoms with van der Waals surface area (Å²) < 4.78 is 0. The lowest BCUT2D eigenvalue weighted by Crippen LogP contribution is -2.12. The molecule has 0 aliphatic carbocycles. The summed E-state index contributed by atoms with van der Waals surface area (Å²) in [6.45, 7) is 3.98. The number of hydrogen-bond donors (Lipinski definition) is 1. The van der Waals surface area contributed by atoms with Gasteiger partial charge in [0.25, 0.3) is 0 Å². The van der Waals surface area contributed by atoms with E-state index in [1.54, 1.807) is 18.1 Å². The van der Waals surface area contributed by atoms with Crippen LogP contribution in [0.25, 0.3) is 11.3 Å². The molecule has 0 radical (unpaired) electrons. The molecule has 0 aliphatic heterocycles. The lowest BCUT2D eigenvalue weighted by atomic mass is 10.1. The number of aromatic nitrogens is 3. The number of thiazole rings is 1. The Labute approximate surface area is 155 Å². The number of hydrogen-bond acceptors (Lipinski definition) is 6. The molecule has 1 N–H and O–H groups in total. The van der Waals surface area contributed by atoms with Crippen LogP contribution in [0.3, 0.4) is 0 Å². The Morgan fingerprint density at radius 1 is 1.20 bits per heavy atom. The zero-order valence-corrected chi connectivity index (χ0v) is 15.7. The van der Waals surface area contributed by atoms with Crippen molar-refractivity contribution >= 4 is 34.1 Å². The van der Waals surface area contributed by atoms with E-state index in [4.69, 9.17) is 0 Å². The van der Waals surface area contributed by atoms with Gasteiger partial charge >= 0.3 is 0 Å². The molecule has 3 aromatic rings. The minimum atomic E-state index is -0.0388. The third-order valence-corrected chi connectivity index (χ3v) is 5.14. The molecule has 0 saturated heterocycles. The minimum Gasteiger partial charge on any atom is -0.302 e. The first kappa shape index (κ1) is 17.6. The summed E-state index contributed by atoms with van der Waals surface area (Å²) >= 11 is 2.99. The fourth-order valence-corrected chi connectivity index (χ4v) is 3.74. The Morgan fingerprint density at radius 3 is 2.76 bits per heavy atom. The van der Waals surface area contributed by atoms with Gasteiger partial charge in [0, 0.05) is 28.8 Å². The van der Waals surface area contributed by atoms with Crippen molar-refractivity contribution in [2.75, 3.05) is 11.1 Å². The number of rotatable bonds is 6. The summed E-state index contributed by atoms with van der Waals surface area (Å²) in [6, 6.07) is 10.1. The van der Waals surface area contributed by atoms with Gasteiger partial charge in [-0.15, -0.1) is 23.1 Å². The Hall–Kier alpha value is -2.25. The second-order valence-corrected chi connectivity index (χ2v) is 7.52. The van der Waals surface area contributed by atoms with Crippen LogP contribution in [0.4, 0.5) is 5.13 Å². The van der Waals surface area contributed by atoms with Gasteiger partial charge in [-0.05, 0) is 19.9 Å². The maximum Gasteiger partial charge on any atom is 0.226 e. The number of amides is 1. The highest BCUT2D eigenvalue weighted by atomic mass is 32.2. The number of anilines is 1. The van der Waals surface area contributed by atoms with E-state index in [9.17, 15) is 4.79 Å². The van der Waals surface area contributed by atoms with Crippen molar-refractivity contribution in [1.29, 1.82) is 0 Å². The van der Waals surface area contributed by atoms with Gasteiger partial charge < -0.3 is 5.32 Å². The van der Waals surface area contributed by atoms with Crippen molar-refractivity contribution in [2.24, 2.45) is 0 Å². The highest BCUT2D eigenvalue weighted by Crippen LogP contribution is 2.25. The molecule has 0 unspecified atom stereocenters. The number of nitrogens with one attached hydrogen (secondary N) is 1. The second kappa shape index (κ2) is 8.22. The van der Waals surface area contributed by atoms with Gasteiger partial charge in [0.15, 0.2) is 5.13 Å². The van der Waals surface area contributed by atoms with Gasteiger partial charge in [0.2, 0.25) is 5.91 Å². The van der Waals surface area contributed by atoms with Crippen molar-refractivity contribution in [3.8, 4) is 11.3 Å². The Bertz CT molecular complexity index is 862. The first-order valence-corrected chi connectivity index (χ1v) is 9.70. The van der Waals surface area contributed by atoms with Crippen molar-refractivity contribution < 1.29 is 4.79 Å². The second-order valence-electron chi connectivity index (χ2n) is 5.55. The van der Waals surface area contributed by atoms with Crippen LogP contribution in [0.15, 0.2) is 47.1 Å². The molecule has 0 bridgehead atoms. The number of nitrogens with zero attached hydrogens (tertiary/aromatic N) is 3. The fourth-order valence-electron chi connectivity index (χ4n) is 2.13. The first-order chi connectivity index (χ1) is 12.1. The van der Waals surface area contributed by atoms with Gasteiger partial charge in [0.1, 0.15) is 6.33 Å². The molecule has 0 saturated carbocycles. The molecule has 0 aliphatic rings. The topological polar surface area (TPSA) is 67.8 Å². The molecule has 25 heavy (non-hydrogen) atoms. The normalized spacial score (nSPS) is 10.6. The fraction of sp³-hybridized carbons (Fsp3) is 0.222. The maximum atomic E-state index is 12.1. The molecule has 1 aromatic carbocycles. The number of aryl methyl sites for hydroxylation is 2. The molecule has 1 amide bonds. The quantitative estimate of drug-likeness (QED) is 0.516. The summed E-state index contributed by atoms with van der Waals surface area (Å²) in [5, 5.41) is 6.33. The van der Waals surface area contributed by atoms with Crippen LogP contribution >= 0.6 is 23.1 Å². The lowest BCUT2D eigenvalue weighted by molar-refractivity contribution is -0.115. The van der Waals surface area contributed by atoms with Crippen molar-refractivity contribution in [2.45, 2.75) is 25.3 Å². The Balaban J connectivity index is 1.50. The summed E-state index contributed by atoms with van der Waals surface area (Å²) in [5.74, 6) is 0.626. The zero-order chi connectivity index (χ0) is 17.6. The third kappa shape index (κ3) is 5.11. The highest BCUT2D eigenvalue weighted by Gasteiger charge is 2.08. The molecular formula is C18H18N4OS2. The summed E-state index contributed by atoms with van der Waals surface area (Å²) in [4.78, 5) is 24.8. The zero-order valence-electron chi connectivity index (χ0n) is 14.0. The van der Waals surface area contributed by atoms with E-state index in [0.717, 1.165) is 22.0 Å². The molecule has 0 atom stereocenters. The molecule has 0 fully saturated rings. The van der Waals surface area contributed by atoms with Gasteiger partial charge in [-0.2, -0.15) is 0 Å². The van der Waals surface area contributed by atoms with E-state index in [-0.39, 0.29) is 5.91 Å². The van der Waals surface area contributed by atoms with Gasteiger partial charge in [-0.3, -0.25) is 4.79 Å². The van der Waals surface area contributed by atoms with E-state index in [2.05, 4.69) is 39.3 Å². The van der Waals surface area contributed by atoms with E-state index >= 15 is 0 Å². The van der Waals surface area contributed by atoms with Crippen LogP contribution in [0.5, 0.6) is 0 Å². The summed E-state index contributed by atoms with van der Waals surface area (Å²) in [6.07, 6.45) is 1.95. The van der Waals surface area contributed by atoms with Crippen LogP contribution in [0.2, 0.25) is 0 Å².